The zero-order valence-electron chi connectivity index (χ0n) is 10.9. The summed E-state index contributed by atoms with van der Waals surface area (Å²) in [5, 5.41) is 11.7. The molecule has 1 amide bonds. The summed E-state index contributed by atoms with van der Waals surface area (Å²) in [7, 11) is 0. The fourth-order valence-corrected chi connectivity index (χ4v) is 1.70. The third-order valence-corrected chi connectivity index (χ3v) is 2.64. The number of nitriles is 1. The van der Waals surface area contributed by atoms with Crippen LogP contribution in [0.4, 0.5) is 0 Å². The number of hydrogen-bond acceptors (Lipinski definition) is 4. The van der Waals surface area contributed by atoms with Crippen LogP contribution in [0, 0.1) is 11.3 Å². The minimum atomic E-state index is -0.838. The number of amides is 1. The first kappa shape index (κ1) is 14.8. The first-order chi connectivity index (χ1) is 9.19. The third kappa shape index (κ3) is 4.88. The summed E-state index contributed by atoms with van der Waals surface area (Å²) in [6.45, 7) is 2.43. The van der Waals surface area contributed by atoms with Gasteiger partial charge in [-0.25, -0.2) is 0 Å². The van der Waals surface area contributed by atoms with E-state index in [4.69, 9.17) is 5.26 Å². The van der Waals surface area contributed by atoms with Crippen molar-refractivity contribution in [3.05, 3.63) is 30.1 Å². The Hall–Kier alpha value is -2.22. The maximum Gasteiger partial charge on any atom is 0.219 e. The molecule has 0 saturated carbocycles. The highest BCUT2D eigenvalue weighted by atomic mass is 16.1. The molecule has 100 valence electrons. The number of nitrogens with one attached hydrogen (secondary N) is 1. The molecule has 0 saturated heterocycles. The van der Waals surface area contributed by atoms with Gasteiger partial charge < -0.3 is 5.32 Å². The smallest absolute Gasteiger partial charge is 0.219 e. The van der Waals surface area contributed by atoms with Crippen LogP contribution < -0.4 is 5.32 Å². The van der Waals surface area contributed by atoms with Gasteiger partial charge in [-0.1, -0.05) is 6.07 Å². The first-order valence-corrected chi connectivity index (χ1v) is 6.29. The Kier molecular flexibility index (Phi) is 6.23. The van der Waals surface area contributed by atoms with Crippen LogP contribution in [0.3, 0.4) is 0 Å². The van der Waals surface area contributed by atoms with Gasteiger partial charge in [-0.3, -0.25) is 14.6 Å². The number of rotatable bonds is 7. The highest BCUT2D eigenvalue weighted by Gasteiger charge is 2.20. The van der Waals surface area contributed by atoms with Crippen LogP contribution in [0.15, 0.2) is 24.4 Å². The van der Waals surface area contributed by atoms with Crippen molar-refractivity contribution < 1.29 is 9.59 Å². The van der Waals surface area contributed by atoms with Crippen molar-refractivity contribution in [1.82, 2.24) is 10.3 Å². The minimum absolute atomic E-state index is 0.0679. The lowest BCUT2D eigenvalue weighted by molar-refractivity contribution is -0.121. The Morgan fingerprint density at radius 1 is 1.42 bits per heavy atom. The normalized spacial score (nSPS) is 11.4. The van der Waals surface area contributed by atoms with E-state index in [9.17, 15) is 9.59 Å². The van der Waals surface area contributed by atoms with Gasteiger partial charge in [0.05, 0.1) is 11.8 Å². The quantitative estimate of drug-likeness (QED) is 0.805. The molecule has 5 nitrogen and oxygen atoms in total. The molecule has 0 spiro atoms. The van der Waals surface area contributed by atoms with Gasteiger partial charge in [-0.05, 0) is 25.5 Å². The average molecular weight is 259 g/mol. The van der Waals surface area contributed by atoms with Crippen molar-refractivity contribution in [3.8, 4) is 6.07 Å². The Labute approximate surface area is 112 Å². The fourth-order valence-electron chi connectivity index (χ4n) is 1.70. The van der Waals surface area contributed by atoms with E-state index in [1.807, 2.05) is 13.0 Å². The molecule has 0 aromatic carbocycles. The second-order valence-corrected chi connectivity index (χ2v) is 4.09. The van der Waals surface area contributed by atoms with Crippen molar-refractivity contribution in [2.24, 2.45) is 0 Å². The van der Waals surface area contributed by atoms with E-state index in [1.54, 1.807) is 24.4 Å². The second-order valence-electron chi connectivity index (χ2n) is 4.09. The molecule has 19 heavy (non-hydrogen) atoms. The van der Waals surface area contributed by atoms with Gasteiger partial charge in [0.25, 0.3) is 0 Å². The number of Topliss-reactive ketones (excluding diaryl/α,β-unsaturated/α-hetero) is 1. The van der Waals surface area contributed by atoms with E-state index >= 15 is 0 Å². The molecule has 0 bridgehead atoms. The molecule has 1 unspecified atom stereocenters. The number of aromatic nitrogens is 1. The largest absolute Gasteiger partial charge is 0.356 e. The Balaban J connectivity index is 2.48. The Morgan fingerprint density at radius 2 is 2.21 bits per heavy atom. The molecule has 1 aromatic rings. The molecule has 5 heteroatoms. The van der Waals surface area contributed by atoms with E-state index in [1.165, 1.54) is 0 Å². The maximum absolute atomic E-state index is 11.9. The van der Waals surface area contributed by atoms with Gasteiger partial charge >= 0.3 is 0 Å². The van der Waals surface area contributed by atoms with Crippen molar-refractivity contribution >= 4 is 11.7 Å². The molecule has 1 heterocycles. The van der Waals surface area contributed by atoms with E-state index < -0.39 is 5.92 Å². The van der Waals surface area contributed by atoms with Gasteiger partial charge in [0.1, 0.15) is 5.92 Å². The Bertz CT molecular complexity index is 465. The predicted octanol–water partition coefficient (Wildman–Crippen LogP) is 1.56. The fraction of sp³-hybridized carbons (Fsp3) is 0.429. The zero-order chi connectivity index (χ0) is 14.1. The van der Waals surface area contributed by atoms with Crippen LogP contribution in [-0.4, -0.2) is 23.2 Å². The molecule has 0 aliphatic rings. The molecule has 1 rings (SSSR count). The van der Waals surface area contributed by atoms with Crippen molar-refractivity contribution in [1.29, 1.82) is 5.26 Å². The number of hydrogen-bond donors (Lipinski definition) is 1. The molecular weight excluding hydrogens is 242 g/mol. The van der Waals surface area contributed by atoms with E-state index in [2.05, 4.69) is 10.3 Å². The highest BCUT2D eigenvalue weighted by Crippen LogP contribution is 2.16. The number of pyridine rings is 1. The Morgan fingerprint density at radius 3 is 2.79 bits per heavy atom. The maximum atomic E-state index is 11.9. The third-order valence-electron chi connectivity index (χ3n) is 2.64. The van der Waals surface area contributed by atoms with Gasteiger partial charge in [0.15, 0.2) is 5.78 Å². The van der Waals surface area contributed by atoms with Crippen LogP contribution in [0.1, 0.15) is 37.8 Å². The van der Waals surface area contributed by atoms with Gasteiger partial charge in [0.2, 0.25) is 5.91 Å². The minimum Gasteiger partial charge on any atom is -0.356 e. The van der Waals surface area contributed by atoms with Gasteiger partial charge in [0, 0.05) is 25.6 Å². The summed E-state index contributed by atoms with van der Waals surface area (Å²) in [5.74, 6) is -1.09. The number of carbonyl (C=O) groups excluding carboxylic acids is 2. The summed E-state index contributed by atoms with van der Waals surface area (Å²) in [4.78, 5) is 27.2. The number of nitrogens with zero attached hydrogens (tertiary/aromatic N) is 2. The molecule has 0 fully saturated rings. The first-order valence-electron chi connectivity index (χ1n) is 6.29. The second kappa shape index (κ2) is 7.98. The number of carbonyl (C=O) groups is 2. The molecule has 1 aromatic heterocycles. The van der Waals surface area contributed by atoms with Crippen LogP contribution in [-0.2, 0) is 9.59 Å². The molecule has 1 N–H and O–H groups in total. The van der Waals surface area contributed by atoms with Crippen molar-refractivity contribution in [2.45, 2.75) is 32.1 Å². The molecule has 0 aliphatic carbocycles. The van der Waals surface area contributed by atoms with Crippen molar-refractivity contribution in [3.63, 3.8) is 0 Å². The highest BCUT2D eigenvalue weighted by molar-refractivity contribution is 5.88. The van der Waals surface area contributed by atoms with Crippen LogP contribution in [0.2, 0.25) is 0 Å². The summed E-state index contributed by atoms with van der Waals surface area (Å²) in [6, 6.07) is 7.11. The molecule has 0 radical (unpaired) electrons. The zero-order valence-corrected chi connectivity index (χ0v) is 10.9. The van der Waals surface area contributed by atoms with E-state index in [-0.39, 0.29) is 18.1 Å². The molecule has 1 atom stereocenters. The van der Waals surface area contributed by atoms with Gasteiger partial charge in [-0.2, -0.15) is 5.26 Å². The van der Waals surface area contributed by atoms with Crippen LogP contribution >= 0.6 is 0 Å². The van der Waals surface area contributed by atoms with Crippen LogP contribution in [0.25, 0.3) is 0 Å². The molecule has 0 aliphatic heterocycles. The average Bonchev–Trinajstić information content (AvgIpc) is 2.41. The summed E-state index contributed by atoms with van der Waals surface area (Å²) in [6.07, 6.45) is 2.53. The summed E-state index contributed by atoms with van der Waals surface area (Å²) in [5.41, 5.74) is 0.466. The monoisotopic (exact) mass is 259 g/mol. The van der Waals surface area contributed by atoms with Gasteiger partial charge in [-0.15, -0.1) is 0 Å². The lowest BCUT2D eigenvalue weighted by Crippen LogP contribution is -2.22. The summed E-state index contributed by atoms with van der Waals surface area (Å²) < 4.78 is 0. The topological polar surface area (TPSA) is 82.9 Å². The van der Waals surface area contributed by atoms with Crippen molar-refractivity contribution in [2.75, 3.05) is 6.54 Å². The van der Waals surface area contributed by atoms with E-state index in [0.717, 1.165) is 0 Å². The lowest BCUT2D eigenvalue weighted by atomic mass is 9.97. The SMILES string of the molecule is CCNC(=O)CCCC(=O)C(C#N)c1ccccn1. The number of ketones is 1. The summed E-state index contributed by atoms with van der Waals surface area (Å²) >= 11 is 0. The van der Waals surface area contributed by atoms with Crippen LogP contribution in [0.5, 0.6) is 0 Å². The van der Waals surface area contributed by atoms with E-state index in [0.29, 0.717) is 25.1 Å². The lowest BCUT2D eigenvalue weighted by Gasteiger charge is -2.07. The predicted molar refractivity (Wildman–Crippen MR) is 70.1 cm³/mol. The standard InChI is InChI=1S/C14H17N3O2/c1-2-16-14(19)8-5-7-13(18)11(10-15)12-6-3-4-9-17-12/h3-4,6,9,11H,2,5,7-8H2,1H3,(H,16,19). The molecular formula is C14H17N3O2.